The second-order valence-electron chi connectivity index (χ2n) is 4.27. The summed E-state index contributed by atoms with van der Waals surface area (Å²) in [6.07, 6.45) is 0.530. The fraction of sp³-hybridized carbons (Fsp3) is 0.118. The van der Waals surface area contributed by atoms with Gasteiger partial charge in [-0.15, -0.1) is 0 Å². The van der Waals surface area contributed by atoms with Gasteiger partial charge in [-0.2, -0.15) is 0 Å². The zero-order valence-corrected chi connectivity index (χ0v) is 11.3. The molecule has 0 aliphatic heterocycles. The van der Waals surface area contributed by atoms with Crippen LogP contribution >= 0.6 is 0 Å². The van der Waals surface area contributed by atoms with Crippen molar-refractivity contribution in [3.8, 4) is 16.9 Å². The average Bonchev–Trinajstić information content (AvgIpc) is 2.53. The lowest BCUT2D eigenvalue weighted by molar-refractivity contribution is -0.208. The maximum atomic E-state index is 11.5. The minimum atomic E-state index is -0.546. The van der Waals surface area contributed by atoms with Crippen molar-refractivity contribution in [1.82, 2.24) is 0 Å². The summed E-state index contributed by atoms with van der Waals surface area (Å²) in [5.41, 5.74) is 2.23. The van der Waals surface area contributed by atoms with Crippen molar-refractivity contribution in [1.29, 1.82) is 0 Å². The molecule has 3 heteroatoms. The monoisotopic (exact) mass is 268 g/mol. The van der Waals surface area contributed by atoms with Crippen LogP contribution < -0.4 is 4.89 Å². The molecular formula is C17H16O3. The minimum absolute atomic E-state index is 0.377. The van der Waals surface area contributed by atoms with Gasteiger partial charge in [0.05, 0.1) is 0 Å². The van der Waals surface area contributed by atoms with Crippen molar-refractivity contribution in [3.05, 3.63) is 66.7 Å². The highest BCUT2D eigenvalue weighted by molar-refractivity contribution is 5.87. The number of hydrogen-bond acceptors (Lipinski definition) is 3. The Morgan fingerprint density at radius 1 is 1.05 bits per heavy atom. The lowest BCUT2D eigenvalue weighted by Gasteiger charge is -2.09. The molecule has 3 nitrogen and oxygen atoms in total. The van der Waals surface area contributed by atoms with Gasteiger partial charge in [-0.25, -0.2) is 9.68 Å². The average molecular weight is 268 g/mol. The van der Waals surface area contributed by atoms with E-state index in [-0.39, 0.29) is 0 Å². The van der Waals surface area contributed by atoms with Crippen LogP contribution in [0.3, 0.4) is 0 Å². The first kappa shape index (κ1) is 13.9. The number of benzene rings is 2. The first-order valence-corrected chi connectivity index (χ1v) is 6.43. The van der Waals surface area contributed by atoms with Gasteiger partial charge >= 0.3 is 5.97 Å². The van der Waals surface area contributed by atoms with Crippen molar-refractivity contribution >= 4 is 5.97 Å². The van der Waals surface area contributed by atoms with E-state index in [0.717, 1.165) is 11.1 Å². The topological polar surface area (TPSA) is 35.5 Å². The van der Waals surface area contributed by atoms with Crippen molar-refractivity contribution in [3.63, 3.8) is 0 Å². The molecular weight excluding hydrogens is 252 g/mol. The molecule has 0 N–H and O–H groups in total. The van der Waals surface area contributed by atoms with Crippen LogP contribution in [0.25, 0.3) is 11.1 Å². The molecule has 0 aromatic heterocycles. The van der Waals surface area contributed by atoms with Crippen molar-refractivity contribution in [2.75, 3.05) is 0 Å². The molecule has 0 amide bonds. The van der Waals surface area contributed by atoms with E-state index in [1.807, 2.05) is 55.5 Å². The van der Waals surface area contributed by atoms with Crippen LogP contribution in [0.2, 0.25) is 0 Å². The van der Waals surface area contributed by atoms with Gasteiger partial charge in [-0.05, 0) is 18.1 Å². The summed E-state index contributed by atoms with van der Waals surface area (Å²) >= 11 is 0. The molecule has 0 aliphatic carbocycles. The van der Waals surface area contributed by atoms with E-state index < -0.39 is 5.97 Å². The fourth-order valence-corrected chi connectivity index (χ4v) is 1.68. The largest absolute Gasteiger partial charge is 0.381 e. The van der Waals surface area contributed by atoms with Gasteiger partial charge < -0.3 is 0 Å². The van der Waals surface area contributed by atoms with Crippen molar-refractivity contribution in [2.24, 2.45) is 0 Å². The van der Waals surface area contributed by atoms with Crippen LogP contribution in [0.1, 0.15) is 13.3 Å². The second kappa shape index (κ2) is 6.57. The first-order valence-electron chi connectivity index (χ1n) is 6.43. The molecule has 102 valence electrons. The summed E-state index contributed by atoms with van der Waals surface area (Å²) < 4.78 is 0. The Labute approximate surface area is 118 Å². The van der Waals surface area contributed by atoms with Gasteiger partial charge in [0.1, 0.15) is 0 Å². The second-order valence-corrected chi connectivity index (χ2v) is 4.27. The number of carbonyl (C=O) groups is 1. The smallest absolute Gasteiger partial charge is 0.286 e. The molecule has 20 heavy (non-hydrogen) atoms. The van der Waals surface area contributed by atoms with Gasteiger partial charge in [0.25, 0.3) is 0 Å². The summed E-state index contributed by atoms with van der Waals surface area (Å²) in [6.45, 7) is 5.45. The predicted octanol–water partition coefficient (Wildman–Crippen LogP) is 4.16. The van der Waals surface area contributed by atoms with Gasteiger partial charge in [-0.1, -0.05) is 62.0 Å². The van der Waals surface area contributed by atoms with Gasteiger partial charge in [0.15, 0.2) is 5.75 Å². The van der Waals surface area contributed by atoms with E-state index >= 15 is 0 Å². The van der Waals surface area contributed by atoms with Crippen LogP contribution in [-0.2, 0) is 9.68 Å². The standard InChI is InChI=1S/C17H16O3/c1-3-13(2)17(18)20-19-16-12-8-7-11-15(16)14-9-5-4-6-10-14/h4-12H,2-3H2,1H3. The van der Waals surface area contributed by atoms with Gasteiger partial charge in [0, 0.05) is 11.1 Å². The molecule has 0 unspecified atom stereocenters. The van der Waals surface area contributed by atoms with Crippen LogP contribution in [0, 0.1) is 0 Å². The number of rotatable bonds is 5. The Balaban J connectivity index is 2.17. The van der Waals surface area contributed by atoms with E-state index in [0.29, 0.717) is 17.7 Å². The van der Waals surface area contributed by atoms with Crippen LogP contribution in [0.4, 0.5) is 0 Å². The van der Waals surface area contributed by atoms with Gasteiger partial charge in [-0.3, -0.25) is 4.89 Å². The molecule has 0 bridgehead atoms. The Hall–Kier alpha value is -2.55. The summed E-state index contributed by atoms with van der Waals surface area (Å²) in [7, 11) is 0. The third-order valence-corrected chi connectivity index (χ3v) is 2.89. The lowest BCUT2D eigenvalue weighted by atomic mass is 10.1. The highest BCUT2D eigenvalue weighted by Crippen LogP contribution is 2.29. The Bertz CT molecular complexity index is 603. The Kier molecular flexibility index (Phi) is 4.56. The quantitative estimate of drug-likeness (QED) is 0.464. The molecule has 0 saturated heterocycles. The molecule has 0 radical (unpaired) electrons. The third-order valence-electron chi connectivity index (χ3n) is 2.89. The Morgan fingerprint density at radius 2 is 1.70 bits per heavy atom. The van der Waals surface area contributed by atoms with Crippen molar-refractivity contribution < 1.29 is 14.6 Å². The van der Waals surface area contributed by atoms with Gasteiger partial charge in [0.2, 0.25) is 0 Å². The Morgan fingerprint density at radius 3 is 2.40 bits per heavy atom. The van der Waals surface area contributed by atoms with Crippen LogP contribution in [0.15, 0.2) is 66.7 Å². The number of carbonyl (C=O) groups excluding carboxylic acids is 1. The fourth-order valence-electron chi connectivity index (χ4n) is 1.68. The molecule has 2 aromatic carbocycles. The van der Waals surface area contributed by atoms with E-state index in [2.05, 4.69) is 6.58 Å². The van der Waals surface area contributed by atoms with Crippen molar-refractivity contribution in [2.45, 2.75) is 13.3 Å². The van der Waals surface area contributed by atoms with E-state index in [1.54, 1.807) is 6.07 Å². The predicted molar refractivity (Wildman–Crippen MR) is 78.0 cm³/mol. The molecule has 2 rings (SSSR count). The number of para-hydroxylation sites is 1. The zero-order chi connectivity index (χ0) is 14.4. The molecule has 0 heterocycles. The molecule has 0 atom stereocenters. The summed E-state index contributed by atoms with van der Waals surface area (Å²) in [5.74, 6) is -0.0497. The molecule has 0 saturated carbocycles. The molecule has 0 aliphatic rings. The molecule has 0 spiro atoms. The van der Waals surface area contributed by atoms with E-state index in [1.165, 1.54) is 0 Å². The molecule has 0 fully saturated rings. The SMILES string of the molecule is C=C(CC)C(=O)OOc1ccccc1-c1ccccc1. The summed E-state index contributed by atoms with van der Waals surface area (Å²) in [4.78, 5) is 21.5. The highest BCUT2D eigenvalue weighted by atomic mass is 17.2. The van der Waals surface area contributed by atoms with Crippen LogP contribution in [0.5, 0.6) is 5.75 Å². The lowest BCUT2D eigenvalue weighted by Crippen LogP contribution is -2.10. The van der Waals surface area contributed by atoms with E-state index in [9.17, 15) is 4.79 Å². The summed E-state index contributed by atoms with van der Waals surface area (Å²) in [5, 5.41) is 0. The first-order chi connectivity index (χ1) is 9.72. The molecule has 2 aromatic rings. The minimum Gasteiger partial charge on any atom is -0.286 e. The highest BCUT2D eigenvalue weighted by Gasteiger charge is 2.11. The normalized spacial score (nSPS) is 9.85. The maximum Gasteiger partial charge on any atom is 0.381 e. The maximum absolute atomic E-state index is 11.5. The van der Waals surface area contributed by atoms with Crippen LogP contribution in [-0.4, -0.2) is 5.97 Å². The zero-order valence-electron chi connectivity index (χ0n) is 11.3. The third kappa shape index (κ3) is 3.26. The summed E-state index contributed by atoms with van der Waals surface area (Å²) in [6, 6.07) is 17.2. The van der Waals surface area contributed by atoms with E-state index in [4.69, 9.17) is 9.78 Å². The number of hydrogen-bond donors (Lipinski definition) is 0.